The Morgan fingerprint density at radius 2 is 1.79 bits per heavy atom. The first-order chi connectivity index (χ1) is 13.5. The Labute approximate surface area is 173 Å². The number of aromatic nitrogens is 2. The number of anilines is 1. The van der Waals surface area contributed by atoms with Crippen molar-refractivity contribution in [1.82, 2.24) is 9.97 Å². The highest BCUT2D eigenvalue weighted by atomic mass is 32.2. The van der Waals surface area contributed by atoms with E-state index in [0.717, 1.165) is 20.5 Å². The predicted octanol–water partition coefficient (Wildman–Crippen LogP) is 4.98. The van der Waals surface area contributed by atoms with Gasteiger partial charge in [0.15, 0.2) is 0 Å². The van der Waals surface area contributed by atoms with Gasteiger partial charge in [-0.3, -0.25) is 4.79 Å². The van der Waals surface area contributed by atoms with E-state index in [2.05, 4.69) is 34.3 Å². The zero-order chi connectivity index (χ0) is 19.9. The summed E-state index contributed by atoms with van der Waals surface area (Å²) in [5, 5.41) is 4.44. The van der Waals surface area contributed by atoms with Crippen molar-refractivity contribution < 1.29 is 9.53 Å². The van der Waals surface area contributed by atoms with Crippen molar-refractivity contribution in [3.05, 3.63) is 66.0 Å². The van der Waals surface area contributed by atoms with E-state index in [1.165, 1.54) is 17.3 Å². The molecular weight excluding hydrogens is 390 g/mol. The van der Waals surface area contributed by atoms with Gasteiger partial charge in [0.1, 0.15) is 15.8 Å². The highest BCUT2D eigenvalue weighted by Crippen LogP contribution is 2.33. The fraction of sp³-hybridized carbons (Fsp3) is 0.190. The number of rotatable bonds is 7. The van der Waals surface area contributed by atoms with Crippen molar-refractivity contribution in [2.75, 3.05) is 18.2 Å². The number of methoxy groups -OCH3 is 1. The average Bonchev–Trinajstić information content (AvgIpc) is 2.67. The number of carbonyl (C=O) groups is 1. The summed E-state index contributed by atoms with van der Waals surface area (Å²) < 4.78 is 5.31. The summed E-state index contributed by atoms with van der Waals surface area (Å²) in [6, 6.07) is 13.9. The maximum atomic E-state index is 12.4. The third kappa shape index (κ3) is 5.50. The van der Waals surface area contributed by atoms with Gasteiger partial charge in [-0.2, -0.15) is 0 Å². The Kier molecular flexibility index (Phi) is 6.95. The Balaban J connectivity index is 1.66. The number of amides is 1. The van der Waals surface area contributed by atoms with Gasteiger partial charge in [0.05, 0.1) is 18.6 Å². The predicted molar refractivity (Wildman–Crippen MR) is 114 cm³/mol. The molecule has 0 saturated heterocycles. The van der Waals surface area contributed by atoms with Gasteiger partial charge in [0, 0.05) is 17.3 Å². The number of benzene rings is 2. The van der Waals surface area contributed by atoms with E-state index in [1.807, 2.05) is 37.3 Å². The first-order valence-electron chi connectivity index (χ1n) is 8.68. The first kappa shape index (κ1) is 20.2. The molecule has 144 valence electrons. The van der Waals surface area contributed by atoms with Gasteiger partial charge in [-0.05, 0) is 43.7 Å². The number of ether oxygens (including phenoxy) is 1. The molecule has 0 fully saturated rings. The lowest BCUT2D eigenvalue weighted by Crippen LogP contribution is -2.15. The number of hydrogen-bond acceptors (Lipinski definition) is 6. The smallest absolute Gasteiger partial charge is 0.234 e. The van der Waals surface area contributed by atoms with Crippen molar-refractivity contribution in [2.45, 2.75) is 28.8 Å². The van der Waals surface area contributed by atoms with E-state index in [0.29, 0.717) is 11.4 Å². The molecule has 7 heteroatoms. The van der Waals surface area contributed by atoms with Crippen LogP contribution in [0.25, 0.3) is 0 Å². The van der Waals surface area contributed by atoms with E-state index in [4.69, 9.17) is 4.74 Å². The van der Waals surface area contributed by atoms with E-state index < -0.39 is 0 Å². The van der Waals surface area contributed by atoms with Crippen LogP contribution in [-0.4, -0.2) is 28.7 Å². The largest absolute Gasteiger partial charge is 0.495 e. The van der Waals surface area contributed by atoms with E-state index in [1.54, 1.807) is 31.3 Å². The molecule has 0 aliphatic rings. The van der Waals surface area contributed by atoms with Crippen LogP contribution in [0.2, 0.25) is 0 Å². The zero-order valence-corrected chi connectivity index (χ0v) is 17.6. The molecule has 0 bridgehead atoms. The summed E-state index contributed by atoms with van der Waals surface area (Å²) in [4.78, 5) is 22.4. The summed E-state index contributed by atoms with van der Waals surface area (Å²) in [7, 11) is 1.59. The molecule has 1 N–H and O–H groups in total. The molecule has 0 spiro atoms. The van der Waals surface area contributed by atoms with Gasteiger partial charge in [-0.1, -0.05) is 47.3 Å². The van der Waals surface area contributed by atoms with Crippen LogP contribution in [0.5, 0.6) is 5.75 Å². The minimum absolute atomic E-state index is 0.119. The Hall–Kier alpha value is -2.51. The Bertz CT molecular complexity index is 979. The molecule has 28 heavy (non-hydrogen) atoms. The second kappa shape index (κ2) is 9.61. The molecule has 3 rings (SSSR count). The minimum atomic E-state index is -0.119. The maximum Gasteiger partial charge on any atom is 0.234 e. The maximum absolute atomic E-state index is 12.4. The lowest BCUT2D eigenvalue weighted by molar-refractivity contribution is -0.113. The molecule has 1 amide bonds. The van der Waals surface area contributed by atoms with E-state index in [9.17, 15) is 4.79 Å². The van der Waals surface area contributed by atoms with Gasteiger partial charge in [-0.15, -0.1) is 0 Å². The Morgan fingerprint density at radius 1 is 1.04 bits per heavy atom. The molecule has 0 saturated carbocycles. The van der Waals surface area contributed by atoms with Crippen LogP contribution in [0.4, 0.5) is 5.69 Å². The SMILES string of the molecule is COc1ccc(C)cc1NC(=O)CSc1nccnc1Sc1cccc(C)c1. The lowest BCUT2D eigenvalue weighted by Gasteiger charge is -2.11. The third-order valence-electron chi connectivity index (χ3n) is 3.81. The molecule has 0 unspecified atom stereocenters. The number of nitrogens with one attached hydrogen (secondary N) is 1. The third-order valence-corrected chi connectivity index (χ3v) is 5.90. The van der Waals surface area contributed by atoms with Crippen molar-refractivity contribution in [3.8, 4) is 5.75 Å². The van der Waals surface area contributed by atoms with Crippen LogP contribution in [-0.2, 0) is 4.79 Å². The number of nitrogens with zero attached hydrogens (tertiary/aromatic N) is 2. The molecule has 0 radical (unpaired) electrons. The fourth-order valence-electron chi connectivity index (χ4n) is 2.51. The molecule has 0 aliphatic carbocycles. The first-order valence-corrected chi connectivity index (χ1v) is 10.5. The number of hydrogen-bond donors (Lipinski definition) is 1. The topological polar surface area (TPSA) is 64.1 Å². The monoisotopic (exact) mass is 411 g/mol. The van der Waals surface area contributed by atoms with Crippen LogP contribution < -0.4 is 10.1 Å². The zero-order valence-electron chi connectivity index (χ0n) is 15.9. The van der Waals surface area contributed by atoms with Crippen LogP contribution in [0.15, 0.2) is 69.8 Å². The van der Waals surface area contributed by atoms with Gasteiger partial charge in [-0.25, -0.2) is 9.97 Å². The average molecular weight is 412 g/mol. The molecule has 5 nitrogen and oxygen atoms in total. The fourth-order valence-corrected chi connectivity index (χ4v) is 4.33. The van der Waals surface area contributed by atoms with Crippen molar-refractivity contribution >= 4 is 35.1 Å². The summed E-state index contributed by atoms with van der Waals surface area (Å²) in [6.07, 6.45) is 3.31. The van der Waals surface area contributed by atoms with Gasteiger partial charge >= 0.3 is 0 Å². The molecule has 1 heterocycles. The molecule has 2 aromatic carbocycles. The lowest BCUT2D eigenvalue weighted by atomic mass is 10.2. The summed E-state index contributed by atoms with van der Waals surface area (Å²) in [5.41, 5.74) is 2.91. The molecule has 0 aliphatic heterocycles. The van der Waals surface area contributed by atoms with Crippen molar-refractivity contribution in [3.63, 3.8) is 0 Å². The Morgan fingerprint density at radius 3 is 2.54 bits per heavy atom. The minimum Gasteiger partial charge on any atom is -0.495 e. The van der Waals surface area contributed by atoms with Gasteiger partial charge in [0.25, 0.3) is 0 Å². The van der Waals surface area contributed by atoms with Crippen molar-refractivity contribution in [1.29, 1.82) is 0 Å². The number of carbonyl (C=O) groups excluding carboxylic acids is 1. The van der Waals surface area contributed by atoms with Crippen LogP contribution >= 0.6 is 23.5 Å². The molecule has 1 aromatic heterocycles. The van der Waals surface area contributed by atoms with Gasteiger partial charge in [0.2, 0.25) is 5.91 Å². The summed E-state index contributed by atoms with van der Waals surface area (Å²) in [5.74, 6) is 0.752. The quantitative estimate of drug-likeness (QED) is 0.553. The van der Waals surface area contributed by atoms with Gasteiger partial charge < -0.3 is 10.1 Å². The molecule has 0 atom stereocenters. The van der Waals surface area contributed by atoms with Crippen molar-refractivity contribution in [2.24, 2.45) is 0 Å². The number of aryl methyl sites for hydroxylation is 2. The van der Waals surface area contributed by atoms with E-state index >= 15 is 0 Å². The van der Waals surface area contributed by atoms with E-state index in [-0.39, 0.29) is 11.7 Å². The van der Waals surface area contributed by atoms with Crippen LogP contribution in [0.1, 0.15) is 11.1 Å². The van der Waals surface area contributed by atoms with Crippen LogP contribution in [0, 0.1) is 13.8 Å². The second-order valence-electron chi connectivity index (χ2n) is 6.13. The highest BCUT2D eigenvalue weighted by molar-refractivity contribution is 8.02. The molecule has 3 aromatic rings. The summed E-state index contributed by atoms with van der Waals surface area (Å²) in [6.45, 7) is 4.03. The summed E-state index contributed by atoms with van der Waals surface area (Å²) >= 11 is 2.91. The highest BCUT2D eigenvalue weighted by Gasteiger charge is 2.12. The van der Waals surface area contributed by atoms with Crippen LogP contribution in [0.3, 0.4) is 0 Å². The molecular formula is C21H21N3O2S2. The second-order valence-corrected chi connectivity index (χ2v) is 8.15. The number of thioether (sulfide) groups is 1. The standard InChI is InChI=1S/C21H21N3O2S2/c1-14-5-4-6-16(11-14)28-21-20(22-9-10-23-21)27-13-19(25)24-17-12-15(2)7-8-18(17)26-3/h4-12H,13H2,1-3H3,(H,24,25). The normalized spacial score (nSPS) is 10.5.